The van der Waals surface area contributed by atoms with Gasteiger partial charge in [0.15, 0.2) is 0 Å². The minimum atomic E-state index is -0.927. The number of esters is 1. The smallest absolute Gasteiger partial charge is 0.396 e. The number of hydrogen-bond acceptors (Lipinski definition) is 4. The van der Waals surface area contributed by atoms with Crippen LogP contribution in [0.15, 0.2) is 0 Å². The molecule has 15 heavy (non-hydrogen) atoms. The Bertz CT molecular complexity index is 273. The van der Waals surface area contributed by atoms with E-state index < -0.39 is 11.9 Å². The second-order valence-electron chi connectivity index (χ2n) is 3.31. The highest BCUT2D eigenvalue weighted by Crippen LogP contribution is 2.28. The lowest BCUT2D eigenvalue weighted by Gasteiger charge is -2.05. The highest BCUT2D eigenvalue weighted by Gasteiger charge is 2.29. The molecule has 0 aromatic rings. The normalized spacial score (nSPS) is 14.2. The van der Waals surface area contributed by atoms with Gasteiger partial charge in [0.05, 0.1) is 7.11 Å². The topological polar surface area (TPSA) is 84.5 Å². The second-order valence-corrected chi connectivity index (χ2v) is 3.31. The number of carbonyl (C=O) groups excluding carboxylic acids is 3. The maximum absolute atomic E-state index is 11.1. The highest BCUT2D eigenvalue weighted by molar-refractivity contribution is 6.32. The molecule has 0 spiro atoms. The van der Waals surface area contributed by atoms with Crippen molar-refractivity contribution in [2.75, 3.05) is 20.2 Å². The van der Waals surface area contributed by atoms with Gasteiger partial charge in [-0.3, -0.25) is 9.59 Å². The Kier molecular flexibility index (Phi) is 4.08. The Morgan fingerprint density at radius 2 is 1.80 bits per heavy atom. The van der Waals surface area contributed by atoms with Crippen molar-refractivity contribution in [3.63, 3.8) is 0 Å². The van der Waals surface area contributed by atoms with Crippen LogP contribution in [0.5, 0.6) is 0 Å². The molecule has 1 fully saturated rings. The van der Waals surface area contributed by atoms with Crippen molar-refractivity contribution in [1.29, 1.82) is 0 Å². The molecule has 0 heterocycles. The average molecular weight is 214 g/mol. The third-order valence-electron chi connectivity index (χ3n) is 2.03. The summed E-state index contributed by atoms with van der Waals surface area (Å²) in [6.45, 7) is 0.560. The molecule has 1 rings (SSSR count). The molecule has 1 aliphatic carbocycles. The van der Waals surface area contributed by atoms with Crippen LogP contribution in [0.1, 0.15) is 12.8 Å². The molecule has 2 amide bonds. The Balaban J connectivity index is 2.03. The Morgan fingerprint density at radius 3 is 2.33 bits per heavy atom. The van der Waals surface area contributed by atoms with E-state index in [1.165, 1.54) is 0 Å². The summed E-state index contributed by atoms with van der Waals surface area (Å²) in [6.07, 6.45) is 1.89. The molecule has 6 heteroatoms. The number of methoxy groups -OCH3 is 1. The summed E-state index contributed by atoms with van der Waals surface area (Å²) in [4.78, 5) is 32.6. The summed E-state index contributed by atoms with van der Waals surface area (Å²) in [6, 6.07) is 0. The van der Waals surface area contributed by atoms with Crippen molar-refractivity contribution >= 4 is 17.8 Å². The van der Waals surface area contributed by atoms with E-state index in [-0.39, 0.29) is 18.4 Å². The van der Waals surface area contributed by atoms with Gasteiger partial charge < -0.3 is 15.4 Å². The molecule has 0 bridgehead atoms. The monoisotopic (exact) mass is 214 g/mol. The van der Waals surface area contributed by atoms with Gasteiger partial charge >= 0.3 is 11.9 Å². The quantitative estimate of drug-likeness (QED) is 0.350. The Labute approximate surface area is 87.4 Å². The fraction of sp³-hybridized carbons (Fsp3) is 0.667. The van der Waals surface area contributed by atoms with E-state index in [4.69, 9.17) is 0 Å². The first kappa shape index (κ1) is 11.5. The molecular weight excluding hydrogens is 200 g/mol. The number of hydrogen-bond donors (Lipinski definition) is 2. The van der Waals surface area contributed by atoms with Gasteiger partial charge in [0.2, 0.25) is 5.91 Å². The van der Waals surface area contributed by atoms with Crippen LogP contribution in [0, 0.1) is 5.92 Å². The third kappa shape index (κ3) is 3.97. The predicted molar refractivity (Wildman–Crippen MR) is 50.8 cm³/mol. The first-order chi connectivity index (χ1) is 7.15. The van der Waals surface area contributed by atoms with Crippen molar-refractivity contribution in [3.8, 4) is 0 Å². The number of nitrogens with one attached hydrogen (secondary N) is 2. The van der Waals surface area contributed by atoms with Gasteiger partial charge in [-0.05, 0) is 12.8 Å². The minimum absolute atomic E-state index is 0.0160. The summed E-state index contributed by atoms with van der Waals surface area (Å²) >= 11 is 0. The van der Waals surface area contributed by atoms with Crippen LogP contribution in [0.25, 0.3) is 0 Å². The summed E-state index contributed by atoms with van der Waals surface area (Å²) in [5.41, 5.74) is 0. The summed E-state index contributed by atoms with van der Waals surface area (Å²) in [5, 5.41) is 4.97. The third-order valence-corrected chi connectivity index (χ3v) is 2.03. The van der Waals surface area contributed by atoms with Crippen molar-refractivity contribution in [2.45, 2.75) is 12.8 Å². The van der Waals surface area contributed by atoms with Gasteiger partial charge in [0, 0.05) is 19.0 Å². The zero-order chi connectivity index (χ0) is 11.3. The van der Waals surface area contributed by atoms with E-state index in [0.29, 0.717) is 6.54 Å². The van der Waals surface area contributed by atoms with Crippen LogP contribution in [0.3, 0.4) is 0 Å². The molecule has 2 N–H and O–H groups in total. The first-order valence-electron chi connectivity index (χ1n) is 4.79. The van der Waals surface area contributed by atoms with Crippen LogP contribution in [-0.2, 0) is 19.1 Å². The molecular formula is C9H14N2O4. The lowest BCUT2D eigenvalue weighted by atomic mass is 10.4. The summed E-state index contributed by atoms with van der Waals surface area (Å²) < 4.78 is 4.20. The number of ether oxygens (including phenoxy) is 1. The second kappa shape index (κ2) is 5.33. The van der Waals surface area contributed by atoms with Gasteiger partial charge in [0.1, 0.15) is 0 Å². The zero-order valence-corrected chi connectivity index (χ0v) is 8.54. The van der Waals surface area contributed by atoms with E-state index in [9.17, 15) is 14.4 Å². The fourth-order valence-corrected chi connectivity index (χ4v) is 1.02. The Morgan fingerprint density at radius 1 is 1.20 bits per heavy atom. The molecule has 84 valence electrons. The van der Waals surface area contributed by atoms with Crippen molar-refractivity contribution in [1.82, 2.24) is 10.6 Å². The zero-order valence-electron chi connectivity index (χ0n) is 8.54. The molecule has 0 atom stereocenters. The molecule has 0 aromatic heterocycles. The minimum Gasteiger partial charge on any atom is -0.462 e. The first-order valence-corrected chi connectivity index (χ1v) is 4.79. The van der Waals surface area contributed by atoms with E-state index in [0.717, 1.165) is 20.0 Å². The Hall–Kier alpha value is -1.59. The van der Waals surface area contributed by atoms with E-state index >= 15 is 0 Å². The lowest BCUT2D eigenvalue weighted by Crippen LogP contribution is -2.38. The molecule has 1 saturated carbocycles. The van der Waals surface area contributed by atoms with Crippen molar-refractivity contribution in [3.05, 3.63) is 0 Å². The number of carbonyl (C=O) groups is 3. The van der Waals surface area contributed by atoms with Gasteiger partial charge in [-0.1, -0.05) is 0 Å². The van der Waals surface area contributed by atoms with Gasteiger partial charge in [-0.25, -0.2) is 4.79 Å². The maximum atomic E-state index is 11.1. The van der Waals surface area contributed by atoms with Crippen molar-refractivity contribution < 1.29 is 19.1 Å². The molecule has 0 radical (unpaired) electrons. The van der Waals surface area contributed by atoms with Crippen LogP contribution in [0.2, 0.25) is 0 Å². The van der Waals surface area contributed by atoms with E-state index in [1.807, 2.05) is 0 Å². The predicted octanol–water partition coefficient (Wildman–Crippen LogP) is -1.20. The highest BCUT2D eigenvalue weighted by atomic mass is 16.5. The standard InChI is InChI=1S/C9H14N2O4/c1-15-9(14)8(13)11-5-4-10-7(12)6-2-3-6/h6H,2-5H2,1H3,(H,10,12)(H,11,13). The fourth-order valence-electron chi connectivity index (χ4n) is 1.02. The van der Waals surface area contributed by atoms with Crippen LogP contribution in [-0.4, -0.2) is 38.0 Å². The average Bonchev–Trinajstić information content (AvgIpc) is 3.06. The summed E-state index contributed by atoms with van der Waals surface area (Å²) in [7, 11) is 1.14. The number of rotatable bonds is 4. The molecule has 1 aliphatic rings. The molecule has 6 nitrogen and oxygen atoms in total. The molecule has 0 unspecified atom stereocenters. The molecule has 0 aromatic carbocycles. The van der Waals surface area contributed by atoms with Gasteiger partial charge in [-0.15, -0.1) is 0 Å². The van der Waals surface area contributed by atoms with Crippen LogP contribution < -0.4 is 10.6 Å². The van der Waals surface area contributed by atoms with Crippen molar-refractivity contribution in [2.24, 2.45) is 5.92 Å². The lowest BCUT2D eigenvalue weighted by molar-refractivity contribution is -0.152. The van der Waals surface area contributed by atoms with E-state index in [1.54, 1.807) is 0 Å². The van der Waals surface area contributed by atoms with Crippen LogP contribution in [0.4, 0.5) is 0 Å². The maximum Gasteiger partial charge on any atom is 0.396 e. The number of amides is 2. The SMILES string of the molecule is COC(=O)C(=O)NCCNC(=O)C1CC1. The van der Waals surface area contributed by atoms with Gasteiger partial charge in [0.25, 0.3) is 0 Å². The molecule has 0 aliphatic heterocycles. The van der Waals surface area contributed by atoms with E-state index in [2.05, 4.69) is 15.4 Å². The van der Waals surface area contributed by atoms with Crippen LogP contribution >= 0.6 is 0 Å². The summed E-state index contributed by atoms with van der Waals surface area (Å²) in [5.74, 6) is -1.55. The molecule has 0 saturated heterocycles. The largest absolute Gasteiger partial charge is 0.462 e. The van der Waals surface area contributed by atoms with Gasteiger partial charge in [-0.2, -0.15) is 0 Å².